The Bertz CT molecular complexity index is 920. The van der Waals surface area contributed by atoms with Crippen LogP contribution in [-0.4, -0.2) is 41.7 Å². The van der Waals surface area contributed by atoms with Gasteiger partial charge in [-0.15, -0.1) is 11.8 Å². The van der Waals surface area contributed by atoms with Gasteiger partial charge in [0.2, 0.25) is 0 Å². The second kappa shape index (κ2) is 8.89. The van der Waals surface area contributed by atoms with E-state index in [-0.39, 0.29) is 23.6 Å². The number of likely N-dealkylation sites (N-methyl/N-ethyl adjacent to an activating group) is 1. The molecule has 0 aliphatic heterocycles. The summed E-state index contributed by atoms with van der Waals surface area (Å²) in [5.74, 6) is -0.640. The number of rotatable bonds is 7. The molecule has 0 atom stereocenters. The van der Waals surface area contributed by atoms with Crippen LogP contribution in [0.4, 0.5) is 0 Å². The second-order valence-electron chi connectivity index (χ2n) is 6.68. The van der Waals surface area contributed by atoms with Crippen molar-refractivity contribution >= 4 is 23.6 Å². The zero-order valence-electron chi connectivity index (χ0n) is 15.8. The first-order chi connectivity index (χ1) is 13.5. The maximum absolute atomic E-state index is 12.6. The van der Waals surface area contributed by atoms with Gasteiger partial charge in [-0.1, -0.05) is 30.3 Å². The summed E-state index contributed by atoms with van der Waals surface area (Å²) in [6, 6.07) is 13.3. The van der Waals surface area contributed by atoms with Crippen LogP contribution in [0.5, 0.6) is 0 Å². The Morgan fingerprint density at radius 3 is 2.64 bits per heavy atom. The van der Waals surface area contributed by atoms with E-state index in [9.17, 15) is 14.9 Å². The number of hydrogen-bond donors (Lipinski definition) is 0. The van der Waals surface area contributed by atoms with Gasteiger partial charge in [0.1, 0.15) is 11.1 Å². The number of nitrogens with zero attached hydrogens (tertiary/aromatic N) is 3. The largest absolute Gasteiger partial charge is 0.452 e. The molecule has 1 aliphatic rings. The quantitative estimate of drug-likeness (QED) is 0.528. The molecule has 0 spiro atoms. The molecule has 144 valence electrons. The Labute approximate surface area is 168 Å². The lowest BCUT2D eigenvalue weighted by molar-refractivity contribution is -0.133. The van der Waals surface area contributed by atoms with Crippen LogP contribution >= 0.6 is 11.8 Å². The highest BCUT2D eigenvalue weighted by Gasteiger charge is 2.29. The van der Waals surface area contributed by atoms with Crippen LogP contribution in [0, 0.1) is 11.3 Å². The predicted octanol–water partition coefficient (Wildman–Crippen LogP) is 3.37. The van der Waals surface area contributed by atoms with E-state index in [4.69, 9.17) is 4.74 Å². The fraction of sp³-hybridized carbons (Fsp3) is 0.333. The van der Waals surface area contributed by atoms with E-state index in [0.717, 1.165) is 24.1 Å². The molecular weight excluding hydrogens is 374 g/mol. The van der Waals surface area contributed by atoms with Crippen LogP contribution in [0.15, 0.2) is 41.4 Å². The summed E-state index contributed by atoms with van der Waals surface area (Å²) in [4.78, 5) is 30.9. The van der Waals surface area contributed by atoms with Gasteiger partial charge in [-0.3, -0.25) is 4.79 Å². The minimum absolute atomic E-state index is 0.183. The van der Waals surface area contributed by atoms with Crippen molar-refractivity contribution in [3.8, 4) is 6.07 Å². The van der Waals surface area contributed by atoms with E-state index in [2.05, 4.69) is 4.98 Å². The number of ether oxygens (including phenoxy) is 1. The van der Waals surface area contributed by atoms with Crippen LogP contribution in [0.25, 0.3) is 0 Å². The van der Waals surface area contributed by atoms with Crippen molar-refractivity contribution < 1.29 is 14.3 Å². The molecule has 0 N–H and O–H groups in total. The Kier molecular flexibility index (Phi) is 6.32. The molecule has 0 bridgehead atoms. The number of amides is 1. The Morgan fingerprint density at radius 2 is 2.04 bits per heavy atom. The number of carbonyl (C=O) groups excluding carboxylic acids is 2. The van der Waals surface area contributed by atoms with E-state index < -0.39 is 5.97 Å². The fourth-order valence-corrected chi connectivity index (χ4v) is 3.36. The molecule has 1 aromatic heterocycles. The highest BCUT2D eigenvalue weighted by molar-refractivity contribution is 7.98. The van der Waals surface area contributed by atoms with Gasteiger partial charge in [0.25, 0.3) is 5.91 Å². The van der Waals surface area contributed by atoms with Crippen LogP contribution in [0.1, 0.15) is 45.9 Å². The number of hydrogen-bond acceptors (Lipinski definition) is 6. The topological polar surface area (TPSA) is 83.3 Å². The molecule has 2 aromatic rings. The molecule has 1 saturated carbocycles. The van der Waals surface area contributed by atoms with Gasteiger partial charge in [-0.2, -0.15) is 5.26 Å². The average molecular weight is 395 g/mol. The number of thioether (sulfide) groups is 1. The van der Waals surface area contributed by atoms with Crippen molar-refractivity contribution in [1.29, 1.82) is 5.26 Å². The molecule has 1 fully saturated rings. The number of carbonyl (C=O) groups is 2. The van der Waals surface area contributed by atoms with E-state index in [1.54, 1.807) is 13.1 Å². The molecule has 1 heterocycles. The summed E-state index contributed by atoms with van der Waals surface area (Å²) in [6.45, 7) is 0.0566. The van der Waals surface area contributed by atoms with Gasteiger partial charge in [-0.05, 0) is 30.7 Å². The maximum Gasteiger partial charge on any atom is 0.340 e. The SMILES string of the molecule is CSc1nc(C2CC2)cc(C(=O)OCC(=O)N(C)Cc2ccccc2)c1C#N. The fourth-order valence-electron chi connectivity index (χ4n) is 2.81. The third-order valence-corrected chi connectivity index (χ3v) is 5.22. The van der Waals surface area contributed by atoms with Crippen LogP contribution < -0.4 is 0 Å². The number of pyridine rings is 1. The van der Waals surface area contributed by atoms with E-state index in [0.29, 0.717) is 17.5 Å². The zero-order chi connectivity index (χ0) is 20.1. The van der Waals surface area contributed by atoms with Crippen LogP contribution in [0.3, 0.4) is 0 Å². The Hall–Kier alpha value is -2.85. The van der Waals surface area contributed by atoms with Crippen molar-refractivity contribution in [2.24, 2.45) is 0 Å². The first kappa shape index (κ1) is 19.9. The van der Waals surface area contributed by atoms with Gasteiger partial charge in [-0.25, -0.2) is 9.78 Å². The molecule has 6 nitrogen and oxygen atoms in total. The smallest absolute Gasteiger partial charge is 0.340 e. The number of aromatic nitrogens is 1. The Morgan fingerprint density at radius 1 is 1.32 bits per heavy atom. The van der Waals surface area contributed by atoms with Crippen molar-refractivity contribution in [2.45, 2.75) is 30.3 Å². The second-order valence-corrected chi connectivity index (χ2v) is 7.47. The third kappa shape index (κ3) is 4.70. The lowest BCUT2D eigenvalue weighted by atomic mass is 10.1. The van der Waals surface area contributed by atoms with Gasteiger partial charge in [0, 0.05) is 25.2 Å². The highest BCUT2D eigenvalue weighted by atomic mass is 32.2. The maximum atomic E-state index is 12.6. The summed E-state index contributed by atoms with van der Waals surface area (Å²) in [5, 5.41) is 9.99. The van der Waals surface area contributed by atoms with Gasteiger partial charge >= 0.3 is 5.97 Å². The average Bonchev–Trinajstić information content (AvgIpc) is 3.56. The first-order valence-corrected chi connectivity index (χ1v) is 10.2. The summed E-state index contributed by atoms with van der Waals surface area (Å²) in [7, 11) is 1.66. The first-order valence-electron chi connectivity index (χ1n) is 8.97. The summed E-state index contributed by atoms with van der Waals surface area (Å²) >= 11 is 1.32. The molecular formula is C21H21N3O3S. The molecule has 3 rings (SSSR count). The molecule has 7 heteroatoms. The number of benzene rings is 1. The summed E-state index contributed by atoms with van der Waals surface area (Å²) < 4.78 is 5.23. The standard InChI is InChI=1S/C21H21N3O3S/c1-24(12-14-6-4-3-5-7-14)19(25)13-27-21(26)16-10-18(15-8-9-15)23-20(28-2)17(16)11-22/h3-7,10,15H,8-9,12-13H2,1-2H3. The van der Waals surface area contributed by atoms with Gasteiger partial charge in [0.15, 0.2) is 6.61 Å². The van der Waals surface area contributed by atoms with Gasteiger partial charge in [0.05, 0.1) is 11.1 Å². The molecule has 0 saturated heterocycles. The lowest BCUT2D eigenvalue weighted by Crippen LogP contribution is -2.31. The van der Waals surface area contributed by atoms with Crippen LogP contribution in [-0.2, 0) is 16.1 Å². The zero-order valence-corrected chi connectivity index (χ0v) is 16.7. The van der Waals surface area contributed by atoms with Crippen molar-refractivity contribution in [1.82, 2.24) is 9.88 Å². The number of nitriles is 1. The number of esters is 1. The monoisotopic (exact) mass is 395 g/mol. The molecule has 1 aromatic carbocycles. The summed E-state index contributed by atoms with van der Waals surface area (Å²) in [5.41, 5.74) is 2.18. The highest BCUT2D eigenvalue weighted by Crippen LogP contribution is 2.40. The van der Waals surface area contributed by atoms with E-state index in [1.165, 1.54) is 16.7 Å². The minimum atomic E-state index is -0.669. The van der Waals surface area contributed by atoms with Crippen molar-refractivity contribution in [3.05, 3.63) is 58.8 Å². The van der Waals surface area contributed by atoms with Crippen LogP contribution in [0.2, 0.25) is 0 Å². The van der Waals surface area contributed by atoms with Crippen molar-refractivity contribution in [2.75, 3.05) is 19.9 Å². The summed E-state index contributed by atoms with van der Waals surface area (Å²) in [6.07, 6.45) is 3.88. The molecule has 0 unspecified atom stereocenters. The normalized spacial score (nSPS) is 12.9. The third-order valence-electron chi connectivity index (χ3n) is 4.54. The predicted molar refractivity (Wildman–Crippen MR) is 106 cm³/mol. The molecule has 28 heavy (non-hydrogen) atoms. The van der Waals surface area contributed by atoms with Gasteiger partial charge < -0.3 is 9.64 Å². The van der Waals surface area contributed by atoms with E-state index in [1.807, 2.05) is 42.7 Å². The lowest BCUT2D eigenvalue weighted by Gasteiger charge is -2.17. The van der Waals surface area contributed by atoms with E-state index >= 15 is 0 Å². The molecule has 1 aliphatic carbocycles. The molecule has 1 amide bonds. The molecule has 0 radical (unpaired) electrons. The minimum Gasteiger partial charge on any atom is -0.452 e. The van der Waals surface area contributed by atoms with Crippen molar-refractivity contribution in [3.63, 3.8) is 0 Å². The Balaban J connectivity index is 1.68.